The van der Waals surface area contributed by atoms with E-state index in [4.69, 9.17) is 10.1 Å². The Morgan fingerprint density at radius 2 is 2.22 bits per heavy atom. The number of nitrogens with zero attached hydrogens (tertiary/aromatic N) is 1. The minimum Gasteiger partial charge on any atom is -0.277 e. The van der Waals surface area contributed by atoms with Crippen LogP contribution in [0.5, 0.6) is 0 Å². The normalized spacial score (nSPS) is 20.5. The summed E-state index contributed by atoms with van der Waals surface area (Å²) in [4.78, 5) is 5.04. The van der Waals surface area contributed by atoms with E-state index in [1.54, 1.807) is 12.1 Å². The highest BCUT2D eigenvalue weighted by atomic mass is 32.2. The van der Waals surface area contributed by atoms with Crippen LogP contribution in [0.1, 0.15) is 39.0 Å². The van der Waals surface area contributed by atoms with E-state index in [0.717, 1.165) is 5.70 Å². The summed E-state index contributed by atoms with van der Waals surface area (Å²) >= 11 is 0. The second kappa shape index (κ2) is 8.55. The zero-order chi connectivity index (χ0) is 17.5. The number of sulfone groups is 1. The van der Waals surface area contributed by atoms with Crippen LogP contribution in [0.25, 0.3) is 0 Å². The Labute approximate surface area is 134 Å². The summed E-state index contributed by atoms with van der Waals surface area (Å²) in [5.74, 6) is -1.02. The molecule has 1 aliphatic rings. The van der Waals surface area contributed by atoms with Crippen LogP contribution in [0.2, 0.25) is 0 Å². The molecular formula is C14H21F3N2O3S. The lowest BCUT2D eigenvalue weighted by atomic mass is 9.90. The maximum absolute atomic E-state index is 12.1. The van der Waals surface area contributed by atoms with Crippen molar-refractivity contribution in [2.75, 3.05) is 12.4 Å². The molecule has 0 aromatic carbocycles. The first kappa shape index (κ1) is 19.8. The molecule has 0 saturated heterocycles. The molecule has 0 radical (unpaired) electrons. The summed E-state index contributed by atoms with van der Waals surface area (Å²) in [5.41, 5.74) is 3.57. The number of rotatable bonds is 8. The fraction of sp³-hybridized carbons (Fsp3) is 0.786. The lowest BCUT2D eigenvalue weighted by Crippen LogP contribution is -2.33. The summed E-state index contributed by atoms with van der Waals surface area (Å²) < 4.78 is 60.7. The van der Waals surface area contributed by atoms with Gasteiger partial charge in [-0.2, -0.15) is 18.4 Å². The molecule has 0 spiro atoms. The van der Waals surface area contributed by atoms with Crippen molar-refractivity contribution in [1.82, 2.24) is 5.48 Å². The highest BCUT2D eigenvalue weighted by Crippen LogP contribution is 2.30. The minimum absolute atomic E-state index is 0.381. The van der Waals surface area contributed by atoms with Crippen molar-refractivity contribution < 1.29 is 26.4 Å². The van der Waals surface area contributed by atoms with Gasteiger partial charge in [-0.3, -0.25) is 10.3 Å². The van der Waals surface area contributed by atoms with Crippen molar-refractivity contribution in [2.24, 2.45) is 5.92 Å². The fourth-order valence-corrected chi connectivity index (χ4v) is 4.26. The van der Waals surface area contributed by atoms with Crippen molar-refractivity contribution in [3.63, 3.8) is 0 Å². The smallest absolute Gasteiger partial charge is 0.277 e. The van der Waals surface area contributed by atoms with Crippen molar-refractivity contribution in [3.8, 4) is 6.07 Å². The van der Waals surface area contributed by atoms with Crippen LogP contribution < -0.4 is 5.48 Å². The first-order valence-electron chi connectivity index (χ1n) is 7.44. The molecule has 23 heavy (non-hydrogen) atoms. The molecular weight excluding hydrogens is 333 g/mol. The summed E-state index contributed by atoms with van der Waals surface area (Å²) in [5, 5.41) is 7.90. The summed E-state index contributed by atoms with van der Waals surface area (Å²) in [6, 6.07) is 1.77. The third-order valence-corrected chi connectivity index (χ3v) is 5.75. The lowest BCUT2D eigenvalue weighted by molar-refractivity contribution is -0.134. The lowest BCUT2D eigenvalue weighted by Gasteiger charge is -2.25. The van der Waals surface area contributed by atoms with Crippen LogP contribution in [0, 0.1) is 17.2 Å². The van der Waals surface area contributed by atoms with Crippen LogP contribution in [0.15, 0.2) is 11.8 Å². The number of halogens is 3. The molecule has 0 aromatic rings. The predicted molar refractivity (Wildman–Crippen MR) is 78.7 cm³/mol. The Morgan fingerprint density at radius 3 is 2.70 bits per heavy atom. The molecule has 0 aliphatic heterocycles. The molecule has 0 heterocycles. The van der Waals surface area contributed by atoms with Gasteiger partial charge in [0.1, 0.15) is 0 Å². The van der Waals surface area contributed by atoms with Crippen LogP contribution in [0.4, 0.5) is 13.2 Å². The highest BCUT2D eigenvalue weighted by Gasteiger charge is 2.35. The van der Waals surface area contributed by atoms with Crippen molar-refractivity contribution in [3.05, 3.63) is 11.8 Å². The minimum atomic E-state index is -4.38. The van der Waals surface area contributed by atoms with Gasteiger partial charge in [0.25, 0.3) is 0 Å². The maximum atomic E-state index is 12.1. The molecule has 0 fully saturated rings. The van der Waals surface area contributed by atoms with Gasteiger partial charge in [0.15, 0.2) is 15.1 Å². The van der Waals surface area contributed by atoms with Crippen molar-refractivity contribution >= 4 is 9.84 Å². The van der Waals surface area contributed by atoms with Gasteiger partial charge in [-0.15, -0.1) is 0 Å². The Bertz CT molecular complexity index is 553. The van der Waals surface area contributed by atoms with Gasteiger partial charge in [0, 0.05) is 12.1 Å². The summed E-state index contributed by atoms with van der Waals surface area (Å²) in [6.07, 6.45) is -2.87. The molecule has 0 saturated carbocycles. The van der Waals surface area contributed by atoms with E-state index >= 15 is 0 Å². The number of alkyl halides is 3. The predicted octanol–water partition coefficient (Wildman–Crippen LogP) is 2.86. The average Bonchev–Trinajstić information content (AvgIpc) is 2.45. The Balaban J connectivity index is 2.63. The third-order valence-electron chi connectivity index (χ3n) is 3.63. The fourth-order valence-electron chi connectivity index (χ4n) is 2.47. The molecule has 5 nitrogen and oxygen atoms in total. The van der Waals surface area contributed by atoms with Gasteiger partial charge in [-0.1, -0.05) is 6.08 Å². The summed E-state index contributed by atoms with van der Waals surface area (Å²) in [6.45, 7) is 2.30. The standard InChI is InChI=1S/C14H21F3N2O3S/c1-2-22-19-12-6-4-11(5-7-12)13(10-18)23(20,21)9-3-8-14(15,16)17/h6,11,13,19H,2-5,7-9H2,1H3. The van der Waals surface area contributed by atoms with Gasteiger partial charge >= 0.3 is 6.18 Å². The van der Waals surface area contributed by atoms with Crippen molar-refractivity contribution in [1.29, 1.82) is 5.26 Å². The van der Waals surface area contributed by atoms with E-state index in [0.29, 0.717) is 25.9 Å². The van der Waals surface area contributed by atoms with E-state index in [9.17, 15) is 21.6 Å². The topological polar surface area (TPSA) is 79.2 Å². The van der Waals surface area contributed by atoms with E-state index in [2.05, 4.69) is 5.48 Å². The molecule has 1 rings (SSSR count). The average molecular weight is 354 g/mol. The third kappa shape index (κ3) is 6.79. The molecule has 0 bridgehead atoms. The molecule has 1 N–H and O–H groups in total. The monoisotopic (exact) mass is 354 g/mol. The van der Waals surface area contributed by atoms with Gasteiger partial charge in [-0.05, 0) is 38.5 Å². The van der Waals surface area contributed by atoms with Gasteiger partial charge in [0.05, 0.1) is 18.4 Å². The van der Waals surface area contributed by atoms with E-state index in [1.807, 2.05) is 6.92 Å². The molecule has 132 valence electrons. The molecule has 1 aliphatic carbocycles. The Hall–Kier alpha value is -1.27. The molecule has 0 amide bonds. The van der Waals surface area contributed by atoms with Gasteiger partial charge in [0.2, 0.25) is 0 Å². The highest BCUT2D eigenvalue weighted by molar-refractivity contribution is 7.92. The number of nitrogens with one attached hydrogen (secondary N) is 1. The maximum Gasteiger partial charge on any atom is 0.389 e. The largest absolute Gasteiger partial charge is 0.389 e. The van der Waals surface area contributed by atoms with Gasteiger partial charge < -0.3 is 0 Å². The van der Waals surface area contributed by atoms with E-state index < -0.39 is 45.8 Å². The second-order valence-electron chi connectivity index (χ2n) is 5.43. The van der Waals surface area contributed by atoms with Crippen LogP contribution >= 0.6 is 0 Å². The van der Waals surface area contributed by atoms with E-state index in [-0.39, 0.29) is 0 Å². The Morgan fingerprint density at radius 1 is 1.52 bits per heavy atom. The Kier molecular flexibility index (Phi) is 7.35. The number of allylic oxidation sites excluding steroid dienone is 2. The van der Waals surface area contributed by atoms with Crippen LogP contribution in [-0.4, -0.2) is 32.2 Å². The van der Waals surface area contributed by atoms with Gasteiger partial charge in [-0.25, -0.2) is 8.42 Å². The first-order chi connectivity index (χ1) is 10.7. The van der Waals surface area contributed by atoms with E-state index in [1.165, 1.54) is 0 Å². The van der Waals surface area contributed by atoms with Crippen LogP contribution in [-0.2, 0) is 14.7 Å². The number of hydrogen-bond donors (Lipinski definition) is 1. The zero-order valence-corrected chi connectivity index (χ0v) is 13.7. The quantitative estimate of drug-likeness (QED) is 0.678. The van der Waals surface area contributed by atoms with Crippen LogP contribution in [0.3, 0.4) is 0 Å². The second-order valence-corrected chi connectivity index (χ2v) is 7.68. The summed E-state index contributed by atoms with van der Waals surface area (Å²) in [7, 11) is -3.87. The van der Waals surface area contributed by atoms with Crippen molar-refractivity contribution in [2.45, 2.75) is 50.5 Å². The molecule has 2 atom stereocenters. The molecule has 2 unspecified atom stereocenters. The number of nitriles is 1. The number of hydrogen-bond acceptors (Lipinski definition) is 5. The number of hydroxylamine groups is 1. The molecule has 0 aromatic heterocycles. The first-order valence-corrected chi connectivity index (χ1v) is 9.16. The zero-order valence-electron chi connectivity index (χ0n) is 12.9. The molecule has 9 heteroatoms. The SMILES string of the molecule is CCONC1=CCC(C(C#N)S(=O)(=O)CCCC(F)(F)F)CC1.